The van der Waals surface area contributed by atoms with E-state index in [0.717, 1.165) is 5.69 Å². The standard InChI is InChI=1S/C17H21N3O/c1-17(2,3)12-5-7-13(8-6-12)20-16(21)14-9-10-19-11-15(14)18-4/h5-11,18H,1-4H3,(H,20,21). The van der Waals surface area contributed by atoms with E-state index in [4.69, 9.17) is 0 Å². The fourth-order valence-corrected chi connectivity index (χ4v) is 2.04. The molecule has 110 valence electrons. The van der Waals surface area contributed by atoms with Crippen molar-refractivity contribution in [2.75, 3.05) is 17.7 Å². The molecule has 2 rings (SSSR count). The second-order valence-corrected chi connectivity index (χ2v) is 5.95. The number of nitrogens with one attached hydrogen (secondary N) is 2. The van der Waals surface area contributed by atoms with Gasteiger partial charge in [0.05, 0.1) is 17.4 Å². The molecule has 1 amide bonds. The van der Waals surface area contributed by atoms with Crippen LogP contribution in [0.4, 0.5) is 11.4 Å². The number of rotatable bonds is 3. The Morgan fingerprint density at radius 2 is 1.76 bits per heavy atom. The van der Waals surface area contributed by atoms with Crippen LogP contribution < -0.4 is 10.6 Å². The van der Waals surface area contributed by atoms with E-state index >= 15 is 0 Å². The number of pyridine rings is 1. The van der Waals surface area contributed by atoms with Crippen molar-refractivity contribution in [3.05, 3.63) is 53.9 Å². The van der Waals surface area contributed by atoms with E-state index in [1.165, 1.54) is 5.56 Å². The summed E-state index contributed by atoms with van der Waals surface area (Å²) in [6.07, 6.45) is 3.25. The molecule has 0 spiro atoms. The summed E-state index contributed by atoms with van der Waals surface area (Å²) in [4.78, 5) is 16.3. The average Bonchev–Trinajstić information content (AvgIpc) is 2.46. The van der Waals surface area contributed by atoms with Crippen molar-refractivity contribution in [3.8, 4) is 0 Å². The molecule has 4 nitrogen and oxygen atoms in total. The molecule has 0 unspecified atom stereocenters. The van der Waals surface area contributed by atoms with Crippen LogP contribution in [-0.4, -0.2) is 17.9 Å². The van der Waals surface area contributed by atoms with Gasteiger partial charge in [-0.1, -0.05) is 32.9 Å². The maximum absolute atomic E-state index is 12.3. The van der Waals surface area contributed by atoms with Crippen molar-refractivity contribution < 1.29 is 4.79 Å². The SMILES string of the molecule is CNc1cnccc1C(=O)Nc1ccc(C(C)(C)C)cc1. The summed E-state index contributed by atoms with van der Waals surface area (Å²) in [5.41, 5.74) is 3.41. The molecule has 0 saturated carbocycles. The lowest BCUT2D eigenvalue weighted by atomic mass is 9.87. The Bertz CT molecular complexity index is 627. The molecule has 1 aromatic carbocycles. The van der Waals surface area contributed by atoms with Crippen LogP contribution in [0.2, 0.25) is 0 Å². The van der Waals surface area contributed by atoms with E-state index in [1.54, 1.807) is 25.5 Å². The topological polar surface area (TPSA) is 54.0 Å². The summed E-state index contributed by atoms with van der Waals surface area (Å²) >= 11 is 0. The van der Waals surface area contributed by atoms with Crippen LogP contribution in [0.15, 0.2) is 42.7 Å². The largest absolute Gasteiger partial charge is 0.386 e. The summed E-state index contributed by atoms with van der Waals surface area (Å²) < 4.78 is 0. The highest BCUT2D eigenvalue weighted by atomic mass is 16.1. The van der Waals surface area contributed by atoms with E-state index in [0.29, 0.717) is 11.3 Å². The molecule has 0 saturated heterocycles. The molecule has 0 bridgehead atoms. The van der Waals surface area contributed by atoms with Crippen molar-refractivity contribution in [2.45, 2.75) is 26.2 Å². The molecule has 1 aromatic heterocycles. The van der Waals surface area contributed by atoms with Gasteiger partial charge in [0.15, 0.2) is 0 Å². The number of benzene rings is 1. The average molecular weight is 283 g/mol. The minimum atomic E-state index is -0.148. The first-order chi connectivity index (χ1) is 9.91. The van der Waals surface area contributed by atoms with Gasteiger partial charge in [-0.15, -0.1) is 0 Å². The van der Waals surface area contributed by atoms with Gasteiger partial charge in [0, 0.05) is 18.9 Å². The Hall–Kier alpha value is -2.36. The predicted molar refractivity (Wildman–Crippen MR) is 86.9 cm³/mol. The number of amides is 1. The number of carbonyl (C=O) groups is 1. The number of nitrogens with zero attached hydrogens (tertiary/aromatic N) is 1. The van der Waals surface area contributed by atoms with Gasteiger partial charge in [0.2, 0.25) is 0 Å². The van der Waals surface area contributed by atoms with Gasteiger partial charge in [0.1, 0.15) is 0 Å². The number of hydrogen-bond donors (Lipinski definition) is 2. The van der Waals surface area contributed by atoms with Gasteiger partial charge in [-0.05, 0) is 29.2 Å². The Morgan fingerprint density at radius 1 is 1.10 bits per heavy atom. The summed E-state index contributed by atoms with van der Waals surface area (Å²) in [6, 6.07) is 9.64. The monoisotopic (exact) mass is 283 g/mol. The van der Waals surface area contributed by atoms with Crippen LogP contribution in [0.3, 0.4) is 0 Å². The van der Waals surface area contributed by atoms with Crippen molar-refractivity contribution in [3.63, 3.8) is 0 Å². The van der Waals surface area contributed by atoms with Crippen molar-refractivity contribution in [1.29, 1.82) is 0 Å². The number of anilines is 2. The molecule has 2 aromatic rings. The maximum atomic E-state index is 12.3. The Morgan fingerprint density at radius 3 is 2.33 bits per heavy atom. The third kappa shape index (κ3) is 3.60. The van der Waals surface area contributed by atoms with Gasteiger partial charge in [-0.2, -0.15) is 0 Å². The zero-order valence-corrected chi connectivity index (χ0v) is 12.9. The molecular weight excluding hydrogens is 262 g/mol. The Kier molecular flexibility index (Phi) is 4.26. The second kappa shape index (κ2) is 5.95. The minimum absolute atomic E-state index is 0.104. The van der Waals surface area contributed by atoms with E-state index in [9.17, 15) is 4.79 Å². The summed E-state index contributed by atoms with van der Waals surface area (Å²) in [5, 5.41) is 5.87. The lowest BCUT2D eigenvalue weighted by Crippen LogP contribution is -2.15. The summed E-state index contributed by atoms with van der Waals surface area (Å²) in [5.74, 6) is -0.148. The van der Waals surface area contributed by atoms with Crippen LogP contribution in [0.1, 0.15) is 36.7 Å². The zero-order valence-electron chi connectivity index (χ0n) is 12.9. The molecule has 2 N–H and O–H groups in total. The first kappa shape index (κ1) is 15.0. The van der Waals surface area contributed by atoms with Crippen LogP contribution in [0.5, 0.6) is 0 Å². The van der Waals surface area contributed by atoms with E-state index in [-0.39, 0.29) is 11.3 Å². The van der Waals surface area contributed by atoms with Crippen molar-refractivity contribution >= 4 is 17.3 Å². The smallest absolute Gasteiger partial charge is 0.257 e. The van der Waals surface area contributed by atoms with Crippen LogP contribution in [0.25, 0.3) is 0 Å². The predicted octanol–water partition coefficient (Wildman–Crippen LogP) is 3.67. The van der Waals surface area contributed by atoms with E-state index in [1.807, 2.05) is 24.3 Å². The van der Waals surface area contributed by atoms with Crippen molar-refractivity contribution in [1.82, 2.24) is 4.98 Å². The van der Waals surface area contributed by atoms with Gasteiger partial charge >= 0.3 is 0 Å². The molecular formula is C17H21N3O. The van der Waals surface area contributed by atoms with Crippen LogP contribution in [0, 0.1) is 0 Å². The molecule has 1 heterocycles. The third-order valence-corrected chi connectivity index (χ3v) is 3.34. The fourth-order valence-electron chi connectivity index (χ4n) is 2.04. The van der Waals surface area contributed by atoms with E-state index in [2.05, 4.69) is 36.4 Å². The van der Waals surface area contributed by atoms with Gasteiger partial charge in [-0.25, -0.2) is 0 Å². The molecule has 4 heteroatoms. The Balaban J connectivity index is 2.16. The summed E-state index contributed by atoms with van der Waals surface area (Å²) in [7, 11) is 1.77. The first-order valence-electron chi connectivity index (χ1n) is 6.95. The van der Waals surface area contributed by atoms with Gasteiger partial charge in [-0.3, -0.25) is 9.78 Å². The van der Waals surface area contributed by atoms with Crippen LogP contribution >= 0.6 is 0 Å². The second-order valence-electron chi connectivity index (χ2n) is 5.95. The highest BCUT2D eigenvalue weighted by Crippen LogP contribution is 2.24. The normalized spacial score (nSPS) is 11.0. The quantitative estimate of drug-likeness (QED) is 0.903. The van der Waals surface area contributed by atoms with Crippen molar-refractivity contribution in [2.24, 2.45) is 0 Å². The maximum Gasteiger partial charge on any atom is 0.257 e. The molecule has 0 fully saturated rings. The number of carbonyl (C=O) groups excluding carboxylic acids is 1. The Labute approximate surface area is 125 Å². The highest BCUT2D eigenvalue weighted by Gasteiger charge is 2.14. The molecule has 0 radical (unpaired) electrons. The molecule has 0 aliphatic rings. The highest BCUT2D eigenvalue weighted by molar-refractivity contribution is 6.07. The molecule has 0 aliphatic heterocycles. The third-order valence-electron chi connectivity index (χ3n) is 3.34. The summed E-state index contributed by atoms with van der Waals surface area (Å²) in [6.45, 7) is 6.49. The molecule has 0 atom stereocenters. The van der Waals surface area contributed by atoms with Crippen LogP contribution in [-0.2, 0) is 5.41 Å². The zero-order chi connectivity index (χ0) is 15.5. The first-order valence-corrected chi connectivity index (χ1v) is 6.95. The lowest BCUT2D eigenvalue weighted by molar-refractivity contribution is 0.102. The van der Waals surface area contributed by atoms with Gasteiger partial charge in [0.25, 0.3) is 5.91 Å². The van der Waals surface area contributed by atoms with Gasteiger partial charge < -0.3 is 10.6 Å². The minimum Gasteiger partial charge on any atom is -0.386 e. The van der Waals surface area contributed by atoms with E-state index < -0.39 is 0 Å². The lowest BCUT2D eigenvalue weighted by Gasteiger charge is -2.19. The molecule has 0 aliphatic carbocycles. The fraction of sp³-hybridized carbons (Fsp3) is 0.294. The molecule has 21 heavy (non-hydrogen) atoms. The number of hydrogen-bond acceptors (Lipinski definition) is 3. The number of aromatic nitrogens is 1.